The van der Waals surface area contributed by atoms with Crippen LogP contribution in [-0.2, 0) is 6.54 Å². The molecule has 0 bridgehead atoms. The number of hydrogen-bond acceptors (Lipinski definition) is 2. The molecule has 29 heavy (non-hydrogen) atoms. The lowest BCUT2D eigenvalue weighted by atomic mass is 10.0. The van der Waals surface area contributed by atoms with Crippen molar-refractivity contribution in [2.24, 2.45) is 0 Å². The number of urea groups is 1. The Morgan fingerprint density at radius 3 is 2.62 bits per heavy atom. The topological polar surface area (TPSA) is 61.4 Å². The molecule has 0 atom stereocenters. The van der Waals surface area contributed by atoms with Gasteiger partial charge in [-0.1, -0.05) is 54.1 Å². The first-order chi connectivity index (χ1) is 14.0. The molecular weight excluding hydrogens is 386 g/mol. The molecule has 148 valence electrons. The number of anilines is 1. The van der Waals surface area contributed by atoms with E-state index in [4.69, 9.17) is 11.6 Å². The smallest absolute Gasteiger partial charge is 0.321 e. The highest BCUT2D eigenvalue weighted by molar-refractivity contribution is 6.34. The standard InChI is InChI=1S/C23H22ClN3O2/c1-27(14-16-7-4-6-15-5-2-3-8-19(15)16)23(29)26-18-11-12-21(24)20(13-18)22(28)25-17-9-10-17/h2-8,11-13,17H,9-10,14H2,1H3,(H,25,28)(H,26,29). The quantitative estimate of drug-likeness (QED) is 0.621. The first-order valence-electron chi connectivity index (χ1n) is 9.60. The number of amides is 3. The highest BCUT2D eigenvalue weighted by atomic mass is 35.5. The molecule has 0 saturated heterocycles. The maximum atomic E-state index is 12.7. The number of hydrogen-bond donors (Lipinski definition) is 2. The number of rotatable bonds is 5. The average molecular weight is 408 g/mol. The van der Waals surface area contributed by atoms with E-state index in [2.05, 4.69) is 28.8 Å². The number of fused-ring (bicyclic) bond motifs is 1. The number of benzene rings is 3. The van der Waals surface area contributed by atoms with E-state index >= 15 is 0 Å². The predicted molar refractivity (Wildman–Crippen MR) is 116 cm³/mol. The maximum absolute atomic E-state index is 12.7. The molecule has 3 aromatic carbocycles. The van der Waals surface area contributed by atoms with Crippen molar-refractivity contribution >= 4 is 40.0 Å². The van der Waals surface area contributed by atoms with E-state index in [1.54, 1.807) is 30.1 Å². The van der Waals surface area contributed by atoms with Crippen molar-refractivity contribution in [2.75, 3.05) is 12.4 Å². The van der Waals surface area contributed by atoms with Gasteiger partial charge in [-0.25, -0.2) is 4.79 Å². The number of nitrogens with zero attached hydrogens (tertiary/aromatic N) is 1. The van der Waals surface area contributed by atoms with Gasteiger partial charge in [-0.3, -0.25) is 4.79 Å². The number of nitrogens with one attached hydrogen (secondary N) is 2. The second kappa shape index (κ2) is 8.13. The first-order valence-corrected chi connectivity index (χ1v) is 9.98. The molecule has 3 aromatic rings. The number of halogens is 1. The molecule has 4 rings (SSSR count). The summed E-state index contributed by atoms with van der Waals surface area (Å²) in [5.41, 5.74) is 1.97. The van der Waals surface area contributed by atoms with Crippen molar-refractivity contribution in [3.05, 3.63) is 76.8 Å². The van der Waals surface area contributed by atoms with Gasteiger partial charge in [0.25, 0.3) is 5.91 Å². The van der Waals surface area contributed by atoms with E-state index in [9.17, 15) is 9.59 Å². The lowest BCUT2D eigenvalue weighted by Gasteiger charge is -2.19. The van der Waals surface area contributed by atoms with E-state index in [1.807, 2.05) is 24.3 Å². The van der Waals surface area contributed by atoms with Crippen LogP contribution in [0.1, 0.15) is 28.8 Å². The summed E-state index contributed by atoms with van der Waals surface area (Å²) in [5, 5.41) is 8.40. The molecular formula is C23H22ClN3O2. The van der Waals surface area contributed by atoms with Crippen molar-refractivity contribution in [3.63, 3.8) is 0 Å². The SMILES string of the molecule is CN(Cc1cccc2ccccc12)C(=O)Nc1ccc(Cl)c(C(=O)NC2CC2)c1. The minimum atomic E-state index is -0.256. The molecule has 2 N–H and O–H groups in total. The third-order valence-electron chi connectivity index (χ3n) is 5.01. The van der Waals surface area contributed by atoms with Crippen molar-refractivity contribution in [1.29, 1.82) is 0 Å². The van der Waals surface area contributed by atoms with Crippen molar-refractivity contribution in [3.8, 4) is 0 Å². The van der Waals surface area contributed by atoms with Gasteiger partial charge in [0, 0.05) is 25.3 Å². The van der Waals surface area contributed by atoms with Crippen LogP contribution in [0.2, 0.25) is 5.02 Å². The Balaban J connectivity index is 1.46. The van der Waals surface area contributed by atoms with Crippen LogP contribution >= 0.6 is 11.6 Å². The van der Waals surface area contributed by atoms with Crippen LogP contribution in [0.15, 0.2) is 60.7 Å². The highest BCUT2D eigenvalue weighted by Crippen LogP contribution is 2.24. The summed E-state index contributed by atoms with van der Waals surface area (Å²) in [6.45, 7) is 0.468. The lowest BCUT2D eigenvalue weighted by Crippen LogP contribution is -2.31. The second-order valence-corrected chi connectivity index (χ2v) is 7.77. The maximum Gasteiger partial charge on any atom is 0.321 e. The van der Waals surface area contributed by atoms with E-state index in [0.29, 0.717) is 22.8 Å². The summed E-state index contributed by atoms with van der Waals surface area (Å²) in [5.74, 6) is -0.210. The molecule has 0 spiro atoms. The van der Waals surface area contributed by atoms with Crippen molar-refractivity contribution < 1.29 is 9.59 Å². The fourth-order valence-corrected chi connectivity index (χ4v) is 3.45. The Bertz CT molecular complexity index is 1070. The third-order valence-corrected chi connectivity index (χ3v) is 5.34. The minimum absolute atomic E-state index is 0.210. The largest absolute Gasteiger partial charge is 0.349 e. The van der Waals surface area contributed by atoms with Gasteiger partial charge in [-0.05, 0) is 47.4 Å². The van der Waals surface area contributed by atoms with Gasteiger partial charge >= 0.3 is 6.03 Å². The Morgan fingerprint density at radius 1 is 1.07 bits per heavy atom. The molecule has 1 aliphatic carbocycles. The van der Waals surface area contributed by atoms with Gasteiger partial charge < -0.3 is 15.5 Å². The molecule has 0 aliphatic heterocycles. The highest BCUT2D eigenvalue weighted by Gasteiger charge is 2.25. The van der Waals surface area contributed by atoms with Crippen molar-refractivity contribution in [1.82, 2.24) is 10.2 Å². The van der Waals surface area contributed by atoms with Gasteiger partial charge in [0.15, 0.2) is 0 Å². The van der Waals surface area contributed by atoms with Gasteiger partial charge in [-0.2, -0.15) is 0 Å². The zero-order valence-electron chi connectivity index (χ0n) is 16.1. The Hall–Kier alpha value is -3.05. The van der Waals surface area contributed by atoms with Crippen LogP contribution in [0.25, 0.3) is 10.8 Å². The molecule has 0 aromatic heterocycles. The average Bonchev–Trinajstić information content (AvgIpc) is 3.53. The summed E-state index contributed by atoms with van der Waals surface area (Å²) in [4.78, 5) is 26.6. The molecule has 1 aliphatic rings. The van der Waals surface area contributed by atoms with Crippen LogP contribution in [0, 0.1) is 0 Å². The van der Waals surface area contributed by atoms with E-state index in [1.165, 1.54) is 0 Å². The number of carbonyl (C=O) groups is 2. The molecule has 1 fully saturated rings. The molecule has 6 heteroatoms. The Kier molecular flexibility index (Phi) is 5.41. The van der Waals surface area contributed by atoms with Crippen LogP contribution in [-0.4, -0.2) is 29.9 Å². The summed E-state index contributed by atoms with van der Waals surface area (Å²) in [6.07, 6.45) is 2.00. The zero-order chi connectivity index (χ0) is 20.4. The lowest BCUT2D eigenvalue weighted by molar-refractivity contribution is 0.0951. The second-order valence-electron chi connectivity index (χ2n) is 7.37. The Labute approximate surface area is 174 Å². The van der Waals surface area contributed by atoms with Crippen LogP contribution in [0.3, 0.4) is 0 Å². The minimum Gasteiger partial charge on any atom is -0.349 e. The molecule has 1 saturated carbocycles. The van der Waals surface area contributed by atoms with E-state index in [-0.39, 0.29) is 18.0 Å². The van der Waals surface area contributed by atoms with Crippen LogP contribution < -0.4 is 10.6 Å². The summed E-state index contributed by atoms with van der Waals surface area (Å²) >= 11 is 6.17. The molecule has 0 heterocycles. The fourth-order valence-electron chi connectivity index (χ4n) is 3.24. The molecule has 0 radical (unpaired) electrons. The number of carbonyl (C=O) groups excluding carboxylic acids is 2. The van der Waals surface area contributed by atoms with Gasteiger partial charge in [0.05, 0.1) is 10.6 Å². The predicted octanol–water partition coefficient (Wildman–Crippen LogP) is 5.05. The van der Waals surface area contributed by atoms with E-state index in [0.717, 1.165) is 29.2 Å². The van der Waals surface area contributed by atoms with Crippen LogP contribution in [0.5, 0.6) is 0 Å². The molecule has 5 nitrogen and oxygen atoms in total. The third kappa shape index (κ3) is 4.51. The zero-order valence-corrected chi connectivity index (χ0v) is 16.9. The summed E-state index contributed by atoms with van der Waals surface area (Å²) in [7, 11) is 1.74. The van der Waals surface area contributed by atoms with Crippen molar-refractivity contribution in [2.45, 2.75) is 25.4 Å². The molecule has 0 unspecified atom stereocenters. The summed E-state index contributed by atoms with van der Waals surface area (Å²) in [6, 6.07) is 19.1. The summed E-state index contributed by atoms with van der Waals surface area (Å²) < 4.78 is 0. The Morgan fingerprint density at radius 2 is 1.83 bits per heavy atom. The fraction of sp³-hybridized carbons (Fsp3) is 0.217. The van der Waals surface area contributed by atoms with E-state index < -0.39 is 0 Å². The van der Waals surface area contributed by atoms with Crippen LogP contribution in [0.4, 0.5) is 10.5 Å². The normalized spacial score (nSPS) is 13.2. The van der Waals surface area contributed by atoms with Gasteiger partial charge in [-0.15, -0.1) is 0 Å². The van der Waals surface area contributed by atoms with Gasteiger partial charge in [0.2, 0.25) is 0 Å². The first kappa shape index (κ1) is 19.3. The van der Waals surface area contributed by atoms with Gasteiger partial charge in [0.1, 0.15) is 0 Å². The molecule has 3 amide bonds. The monoisotopic (exact) mass is 407 g/mol.